The van der Waals surface area contributed by atoms with E-state index in [0.29, 0.717) is 5.22 Å². The van der Waals surface area contributed by atoms with E-state index in [1.54, 1.807) is 12.4 Å². The van der Waals surface area contributed by atoms with Gasteiger partial charge in [0.25, 0.3) is 5.22 Å². The van der Waals surface area contributed by atoms with Crippen molar-refractivity contribution >= 4 is 17.4 Å². The van der Waals surface area contributed by atoms with E-state index in [4.69, 9.17) is 10.2 Å². The van der Waals surface area contributed by atoms with Gasteiger partial charge in [-0.1, -0.05) is 0 Å². The highest BCUT2D eigenvalue weighted by molar-refractivity contribution is 7.99. The van der Waals surface area contributed by atoms with Crippen LogP contribution in [0.2, 0.25) is 0 Å². The quantitative estimate of drug-likeness (QED) is 0.817. The lowest BCUT2D eigenvalue weighted by Crippen LogP contribution is -1.91. The van der Waals surface area contributed by atoms with Gasteiger partial charge in [0.15, 0.2) is 0 Å². The third kappa shape index (κ3) is 1.88. The van der Waals surface area contributed by atoms with Gasteiger partial charge in [-0.15, -0.1) is 0 Å². The minimum absolute atomic E-state index is 0.570. The summed E-state index contributed by atoms with van der Waals surface area (Å²) >= 11 is 1.35. The van der Waals surface area contributed by atoms with Crippen molar-refractivity contribution in [2.24, 2.45) is 0 Å². The zero-order chi connectivity index (χ0) is 9.97. The van der Waals surface area contributed by atoms with Gasteiger partial charge >= 0.3 is 0 Å². The van der Waals surface area contributed by atoms with Crippen LogP contribution in [-0.4, -0.2) is 9.97 Å². The molecule has 4 nitrogen and oxygen atoms in total. The summed E-state index contributed by atoms with van der Waals surface area (Å²) in [6.07, 6.45) is 4.86. The van der Waals surface area contributed by atoms with Gasteiger partial charge in [-0.05, 0) is 30.3 Å². The standard InChI is InChI=1S/C9H9N3OS/c1-6-5-12-8(4-7(6)10)14-9-11-2-3-13-9/h2-5H,1H3,(H2,10,12). The summed E-state index contributed by atoms with van der Waals surface area (Å²) in [7, 11) is 0. The zero-order valence-electron chi connectivity index (χ0n) is 7.60. The number of oxazole rings is 1. The summed E-state index contributed by atoms with van der Waals surface area (Å²) in [5, 5.41) is 1.36. The highest BCUT2D eigenvalue weighted by Gasteiger charge is 2.04. The Morgan fingerprint density at radius 3 is 2.93 bits per heavy atom. The average Bonchev–Trinajstić information content (AvgIpc) is 2.64. The fourth-order valence-corrected chi connectivity index (χ4v) is 1.61. The number of rotatable bonds is 2. The van der Waals surface area contributed by atoms with Crippen LogP contribution in [0.1, 0.15) is 5.56 Å². The van der Waals surface area contributed by atoms with Crippen LogP contribution in [0.15, 0.2) is 39.4 Å². The molecule has 0 amide bonds. The third-order valence-electron chi connectivity index (χ3n) is 1.72. The van der Waals surface area contributed by atoms with Crippen molar-refractivity contribution in [2.75, 3.05) is 5.73 Å². The number of aryl methyl sites for hydroxylation is 1. The van der Waals surface area contributed by atoms with Crippen molar-refractivity contribution in [1.29, 1.82) is 0 Å². The van der Waals surface area contributed by atoms with E-state index in [-0.39, 0.29) is 0 Å². The number of anilines is 1. The zero-order valence-corrected chi connectivity index (χ0v) is 8.41. The molecule has 0 aliphatic carbocycles. The molecule has 0 unspecified atom stereocenters. The molecule has 0 aliphatic heterocycles. The lowest BCUT2D eigenvalue weighted by atomic mass is 10.3. The van der Waals surface area contributed by atoms with Gasteiger partial charge in [-0.25, -0.2) is 9.97 Å². The molecule has 0 bridgehead atoms. The first-order valence-corrected chi connectivity index (χ1v) is 4.87. The van der Waals surface area contributed by atoms with E-state index in [1.807, 2.05) is 13.0 Å². The van der Waals surface area contributed by atoms with Gasteiger partial charge < -0.3 is 10.2 Å². The molecule has 2 N–H and O–H groups in total. The van der Waals surface area contributed by atoms with Crippen LogP contribution < -0.4 is 5.73 Å². The Kier molecular flexibility index (Phi) is 2.41. The highest BCUT2D eigenvalue weighted by Crippen LogP contribution is 2.26. The Labute approximate surface area is 85.6 Å². The fraction of sp³-hybridized carbons (Fsp3) is 0.111. The topological polar surface area (TPSA) is 64.9 Å². The second kappa shape index (κ2) is 3.71. The minimum Gasteiger partial charge on any atom is -0.440 e. The first-order valence-electron chi connectivity index (χ1n) is 4.05. The number of nitrogen functional groups attached to an aromatic ring is 1. The summed E-state index contributed by atoms with van der Waals surface area (Å²) < 4.78 is 5.08. The first-order chi connectivity index (χ1) is 6.75. The normalized spacial score (nSPS) is 10.4. The van der Waals surface area contributed by atoms with Crippen molar-refractivity contribution in [3.8, 4) is 0 Å². The summed E-state index contributed by atoms with van der Waals surface area (Å²) in [5.41, 5.74) is 7.45. The van der Waals surface area contributed by atoms with Crippen LogP contribution in [0.5, 0.6) is 0 Å². The molecule has 0 atom stereocenters. The molecule has 2 rings (SSSR count). The number of nitrogens with two attached hydrogens (primary N) is 1. The van der Waals surface area contributed by atoms with Gasteiger partial charge in [-0.3, -0.25) is 0 Å². The largest absolute Gasteiger partial charge is 0.440 e. The van der Waals surface area contributed by atoms with Crippen LogP contribution in [-0.2, 0) is 0 Å². The van der Waals surface area contributed by atoms with Gasteiger partial charge in [-0.2, -0.15) is 0 Å². The summed E-state index contributed by atoms with van der Waals surface area (Å²) in [6.45, 7) is 1.92. The molecule has 0 saturated heterocycles. The molecule has 2 aromatic rings. The van der Waals surface area contributed by atoms with Crippen LogP contribution >= 0.6 is 11.8 Å². The molecule has 5 heteroatoms. The third-order valence-corrected chi connectivity index (χ3v) is 2.53. The monoisotopic (exact) mass is 207 g/mol. The van der Waals surface area contributed by atoms with Gasteiger partial charge in [0.05, 0.1) is 6.20 Å². The van der Waals surface area contributed by atoms with E-state index < -0.39 is 0 Å². The Morgan fingerprint density at radius 1 is 1.43 bits per heavy atom. The van der Waals surface area contributed by atoms with E-state index in [9.17, 15) is 0 Å². The second-order valence-corrected chi connectivity index (χ2v) is 3.75. The minimum atomic E-state index is 0.570. The van der Waals surface area contributed by atoms with Crippen molar-refractivity contribution in [2.45, 2.75) is 17.2 Å². The predicted octanol–water partition coefficient (Wildman–Crippen LogP) is 2.11. The van der Waals surface area contributed by atoms with Crippen molar-refractivity contribution in [3.05, 3.63) is 30.3 Å². The Morgan fingerprint density at radius 2 is 2.29 bits per heavy atom. The lowest BCUT2D eigenvalue weighted by Gasteiger charge is -2.00. The molecule has 2 aromatic heterocycles. The van der Waals surface area contributed by atoms with Gasteiger partial charge in [0, 0.05) is 11.9 Å². The maximum atomic E-state index is 5.75. The van der Waals surface area contributed by atoms with E-state index in [1.165, 1.54) is 18.0 Å². The van der Waals surface area contributed by atoms with Crippen LogP contribution in [0.3, 0.4) is 0 Å². The molecule has 14 heavy (non-hydrogen) atoms. The number of nitrogens with zero attached hydrogens (tertiary/aromatic N) is 2. The maximum Gasteiger partial charge on any atom is 0.261 e. The van der Waals surface area contributed by atoms with Crippen LogP contribution in [0, 0.1) is 6.92 Å². The van der Waals surface area contributed by atoms with Gasteiger partial charge in [0.2, 0.25) is 0 Å². The van der Waals surface area contributed by atoms with Crippen LogP contribution in [0.4, 0.5) is 5.69 Å². The molecule has 2 heterocycles. The molecule has 0 aliphatic rings. The Hall–Kier alpha value is -1.49. The van der Waals surface area contributed by atoms with E-state index in [0.717, 1.165) is 16.3 Å². The molecule has 0 spiro atoms. The number of pyridine rings is 1. The van der Waals surface area contributed by atoms with Crippen molar-refractivity contribution < 1.29 is 4.42 Å². The summed E-state index contributed by atoms with van der Waals surface area (Å²) in [4.78, 5) is 8.18. The first kappa shape index (κ1) is 9.08. The molecular formula is C9H9N3OS. The SMILES string of the molecule is Cc1cnc(Sc2ncco2)cc1N. The molecular weight excluding hydrogens is 198 g/mol. The predicted molar refractivity (Wildman–Crippen MR) is 54.0 cm³/mol. The van der Waals surface area contributed by atoms with Crippen LogP contribution in [0.25, 0.3) is 0 Å². The molecule has 0 fully saturated rings. The summed E-state index contributed by atoms with van der Waals surface area (Å²) in [5.74, 6) is 0. The fourth-order valence-electron chi connectivity index (χ4n) is 0.925. The molecule has 0 radical (unpaired) electrons. The van der Waals surface area contributed by atoms with E-state index >= 15 is 0 Å². The average molecular weight is 207 g/mol. The van der Waals surface area contributed by atoms with Gasteiger partial charge in [0.1, 0.15) is 11.3 Å². The number of aromatic nitrogens is 2. The Balaban J connectivity index is 2.22. The van der Waals surface area contributed by atoms with E-state index in [2.05, 4.69) is 9.97 Å². The molecule has 72 valence electrons. The van der Waals surface area contributed by atoms with Crippen molar-refractivity contribution in [1.82, 2.24) is 9.97 Å². The summed E-state index contributed by atoms with van der Waals surface area (Å²) in [6, 6.07) is 1.81. The maximum absolute atomic E-state index is 5.75. The number of hydrogen-bond donors (Lipinski definition) is 1. The molecule has 0 aromatic carbocycles. The highest BCUT2D eigenvalue weighted by atomic mass is 32.2. The van der Waals surface area contributed by atoms with Crippen molar-refractivity contribution in [3.63, 3.8) is 0 Å². The molecule has 0 saturated carbocycles. The second-order valence-electron chi connectivity index (χ2n) is 2.78. The Bertz CT molecular complexity index is 428. The number of hydrogen-bond acceptors (Lipinski definition) is 5. The lowest BCUT2D eigenvalue weighted by molar-refractivity contribution is 0.454. The smallest absolute Gasteiger partial charge is 0.261 e.